The maximum Gasteiger partial charge on any atom is 0.233 e. The van der Waals surface area contributed by atoms with Crippen LogP contribution in [-0.4, -0.2) is 16.9 Å². The van der Waals surface area contributed by atoms with E-state index in [2.05, 4.69) is 41.9 Å². The predicted molar refractivity (Wildman–Crippen MR) is 123 cm³/mol. The molecular formula is C23H29N3O2S. The third-order valence-electron chi connectivity index (χ3n) is 4.50. The molecule has 0 aliphatic rings. The van der Waals surface area contributed by atoms with Gasteiger partial charge in [-0.05, 0) is 66.9 Å². The van der Waals surface area contributed by atoms with Crippen LogP contribution in [-0.2, 0) is 16.0 Å². The third-order valence-corrected chi connectivity index (χ3v) is 4.71. The Labute approximate surface area is 178 Å². The first-order valence-corrected chi connectivity index (χ1v) is 10.3. The standard InChI is InChI=1S/C23H29N3O2S/c1-5-21(27)24-19-10-12-20(13-11-19)25-23(29)26-22(28)16(4)18-8-6-17(7-9-18)14-15(2)3/h6-13,15-16H,5,14H2,1-4H3,(H,24,27)(H2,25,26,28,29). The normalized spacial score (nSPS) is 11.6. The number of carbonyl (C=O) groups excluding carboxylic acids is 2. The van der Waals surface area contributed by atoms with E-state index in [1.54, 1.807) is 31.2 Å². The number of hydrogen-bond donors (Lipinski definition) is 3. The monoisotopic (exact) mass is 411 g/mol. The van der Waals surface area contributed by atoms with E-state index in [9.17, 15) is 9.59 Å². The number of hydrogen-bond acceptors (Lipinski definition) is 3. The molecule has 0 radical (unpaired) electrons. The van der Waals surface area contributed by atoms with Gasteiger partial charge < -0.3 is 16.0 Å². The molecule has 0 aromatic heterocycles. The second-order valence-electron chi connectivity index (χ2n) is 7.48. The van der Waals surface area contributed by atoms with E-state index in [-0.39, 0.29) is 22.8 Å². The second-order valence-corrected chi connectivity index (χ2v) is 7.89. The van der Waals surface area contributed by atoms with Gasteiger partial charge in [-0.25, -0.2) is 0 Å². The molecule has 154 valence electrons. The summed E-state index contributed by atoms with van der Waals surface area (Å²) in [4.78, 5) is 23.9. The molecule has 0 spiro atoms. The summed E-state index contributed by atoms with van der Waals surface area (Å²) in [5.41, 5.74) is 3.67. The van der Waals surface area contributed by atoms with E-state index in [1.807, 2.05) is 19.1 Å². The van der Waals surface area contributed by atoms with Crippen LogP contribution in [0.25, 0.3) is 0 Å². The Bertz CT molecular complexity index is 845. The van der Waals surface area contributed by atoms with Crippen molar-refractivity contribution in [1.82, 2.24) is 5.32 Å². The van der Waals surface area contributed by atoms with Crippen LogP contribution in [0.15, 0.2) is 48.5 Å². The highest BCUT2D eigenvalue weighted by molar-refractivity contribution is 7.80. The molecule has 0 saturated carbocycles. The summed E-state index contributed by atoms with van der Waals surface area (Å²) in [5, 5.41) is 8.75. The van der Waals surface area contributed by atoms with E-state index in [4.69, 9.17) is 12.2 Å². The summed E-state index contributed by atoms with van der Waals surface area (Å²) in [6, 6.07) is 15.3. The number of rotatable bonds is 7. The summed E-state index contributed by atoms with van der Waals surface area (Å²) in [5.74, 6) is 0.0853. The van der Waals surface area contributed by atoms with Gasteiger partial charge in [-0.15, -0.1) is 0 Å². The Hall–Kier alpha value is -2.73. The van der Waals surface area contributed by atoms with Crippen LogP contribution in [0.5, 0.6) is 0 Å². The van der Waals surface area contributed by atoms with Gasteiger partial charge >= 0.3 is 0 Å². The van der Waals surface area contributed by atoms with E-state index in [1.165, 1.54) is 5.56 Å². The molecule has 6 heteroatoms. The summed E-state index contributed by atoms with van der Waals surface area (Å²) in [7, 11) is 0. The fraction of sp³-hybridized carbons (Fsp3) is 0.348. The number of anilines is 2. The van der Waals surface area contributed by atoms with Crippen LogP contribution in [0.4, 0.5) is 11.4 Å². The van der Waals surface area contributed by atoms with Crippen LogP contribution in [0, 0.1) is 5.92 Å². The fourth-order valence-electron chi connectivity index (χ4n) is 2.83. The zero-order chi connectivity index (χ0) is 21.4. The van der Waals surface area contributed by atoms with Crippen LogP contribution >= 0.6 is 12.2 Å². The molecular weight excluding hydrogens is 382 g/mol. The average Bonchev–Trinajstić information content (AvgIpc) is 2.68. The molecule has 0 saturated heterocycles. The maximum absolute atomic E-state index is 12.5. The van der Waals surface area contributed by atoms with Gasteiger partial charge in [-0.1, -0.05) is 45.0 Å². The van der Waals surface area contributed by atoms with Crippen LogP contribution in [0.1, 0.15) is 51.2 Å². The van der Waals surface area contributed by atoms with Gasteiger partial charge in [0.05, 0.1) is 5.92 Å². The van der Waals surface area contributed by atoms with Crippen LogP contribution in [0.3, 0.4) is 0 Å². The van der Waals surface area contributed by atoms with Crippen molar-refractivity contribution in [3.8, 4) is 0 Å². The van der Waals surface area contributed by atoms with E-state index < -0.39 is 0 Å². The van der Waals surface area contributed by atoms with Crippen LogP contribution in [0.2, 0.25) is 0 Å². The van der Waals surface area contributed by atoms with Crippen molar-refractivity contribution < 1.29 is 9.59 Å². The number of nitrogens with one attached hydrogen (secondary N) is 3. The van der Waals surface area contributed by atoms with Gasteiger partial charge in [0, 0.05) is 17.8 Å². The number of benzene rings is 2. The van der Waals surface area contributed by atoms with Gasteiger partial charge in [0.15, 0.2) is 5.11 Å². The smallest absolute Gasteiger partial charge is 0.233 e. The summed E-state index contributed by atoms with van der Waals surface area (Å²) < 4.78 is 0. The Balaban J connectivity index is 1.89. The largest absolute Gasteiger partial charge is 0.332 e. The number of carbonyl (C=O) groups is 2. The van der Waals surface area contributed by atoms with Crippen molar-refractivity contribution in [3.63, 3.8) is 0 Å². The first kappa shape index (κ1) is 22.6. The highest BCUT2D eigenvalue weighted by atomic mass is 32.1. The molecule has 2 rings (SSSR count). The molecule has 1 unspecified atom stereocenters. The lowest BCUT2D eigenvalue weighted by Crippen LogP contribution is -2.36. The van der Waals surface area contributed by atoms with Crippen molar-refractivity contribution in [2.24, 2.45) is 5.92 Å². The van der Waals surface area contributed by atoms with Crippen molar-refractivity contribution in [2.45, 2.75) is 46.5 Å². The predicted octanol–water partition coefficient (Wildman–Crippen LogP) is 4.85. The minimum absolute atomic E-state index is 0.0419. The first-order chi connectivity index (χ1) is 13.8. The lowest BCUT2D eigenvalue weighted by atomic mass is 9.96. The molecule has 0 aliphatic carbocycles. The Morgan fingerprint density at radius 1 is 0.897 bits per heavy atom. The molecule has 0 aliphatic heterocycles. The first-order valence-electron chi connectivity index (χ1n) is 9.89. The topological polar surface area (TPSA) is 70.2 Å². The molecule has 0 heterocycles. The molecule has 5 nitrogen and oxygen atoms in total. The van der Waals surface area contributed by atoms with Crippen molar-refractivity contribution in [1.29, 1.82) is 0 Å². The minimum Gasteiger partial charge on any atom is -0.332 e. The van der Waals surface area contributed by atoms with Gasteiger partial charge in [-0.3, -0.25) is 9.59 Å². The van der Waals surface area contributed by atoms with E-state index in [0.29, 0.717) is 18.0 Å². The maximum atomic E-state index is 12.5. The minimum atomic E-state index is -0.311. The molecule has 0 fully saturated rings. The number of thiocarbonyl (C=S) groups is 1. The van der Waals surface area contributed by atoms with E-state index >= 15 is 0 Å². The molecule has 2 amide bonds. The lowest BCUT2D eigenvalue weighted by Gasteiger charge is -2.15. The molecule has 3 N–H and O–H groups in total. The molecule has 1 atom stereocenters. The van der Waals surface area contributed by atoms with Gasteiger partial charge in [0.2, 0.25) is 11.8 Å². The molecule has 2 aromatic rings. The summed E-state index contributed by atoms with van der Waals surface area (Å²) in [6.45, 7) is 8.04. The molecule has 2 aromatic carbocycles. The third kappa shape index (κ3) is 7.31. The highest BCUT2D eigenvalue weighted by Crippen LogP contribution is 2.18. The lowest BCUT2D eigenvalue weighted by molar-refractivity contribution is -0.120. The van der Waals surface area contributed by atoms with Crippen molar-refractivity contribution in [2.75, 3.05) is 10.6 Å². The van der Waals surface area contributed by atoms with Crippen LogP contribution < -0.4 is 16.0 Å². The van der Waals surface area contributed by atoms with Gasteiger partial charge in [0.25, 0.3) is 0 Å². The summed E-state index contributed by atoms with van der Waals surface area (Å²) in [6.07, 6.45) is 1.45. The zero-order valence-corrected chi connectivity index (χ0v) is 18.2. The van der Waals surface area contributed by atoms with Crippen molar-refractivity contribution in [3.05, 3.63) is 59.7 Å². The van der Waals surface area contributed by atoms with E-state index in [0.717, 1.165) is 17.7 Å². The highest BCUT2D eigenvalue weighted by Gasteiger charge is 2.16. The second kappa shape index (κ2) is 10.7. The van der Waals surface area contributed by atoms with Crippen molar-refractivity contribution >= 4 is 40.5 Å². The average molecular weight is 412 g/mol. The van der Waals surface area contributed by atoms with Gasteiger partial charge in [0.1, 0.15) is 0 Å². The van der Waals surface area contributed by atoms with Gasteiger partial charge in [-0.2, -0.15) is 0 Å². The summed E-state index contributed by atoms with van der Waals surface area (Å²) >= 11 is 5.26. The Morgan fingerprint density at radius 2 is 1.45 bits per heavy atom. The quantitative estimate of drug-likeness (QED) is 0.570. The zero-order valence-electron chi connectivity index (χ0n) is 17.4. The molecule has 29 heavy (non-hydrogen) atoms. The fourth-order valence-corrected chi connectivity index (χ4v) is 3.05. The number of amides is 2. The Kier molecular flexibility index (Phi) is 8.34. The SMILES string of the molecule is CCC(=O)Nc1ccc(NC(=S)NC(=O)C(C)c2ccc(CC(C)C)cc2)cc1. The Morgan fingerprint density at radius 3 is 1.97 bits per heavy atom. The molecule has 0 bridgehead atoms.